The third-order valence-corrected chi connectivity index (χ3v) is 9.52. The number of hydrogen-bond acceptors (Lipinski definition) is 7. The summed E-state index contributed by atoms with van der Waals surface area (Å²) in [6.45, 7) is 12.4. The Morgan fingerprint density at radius 1 is 1.05 bits per heavy atom. The van der Waals surface area contributed by atoms with Gasteiger partial charge in [0.25, 0.3) is 0 Å². The van der Waals surface area contributed by atoms with Crippen LogP contribution in [-0.4, -0.2) is 73.7 Å². The molecule has 1 saturated carbocycles. The summed E-state index contributed by atoms with van der Waals surface area (Å²) >= 11 is 0. The lowest BCUT2D eigenvalue weighted by molar-refractivity contribution is -0.143. The molecule has 0 amide bonds. The van der Waals surface area contributed by atoms with E-state index >= 15 is 0 Å². The summed E-state index contributed by atoms with van der Waals surface area (Å²) in [5.41, 5.74) is 1.44. The van der Waals surface area contributed by atoms with Crippen molar-refractivity contribution in [2.45, 2.75) is 140 Å². The minimum absolute atomic E-state index is 0.0754. The van der Waals surface area contributed by atoms with Gasteiger partial charge in [-0.05, 0) is 78.1 Å². The minimum Gasteiger partial charge on any atom is -0.474 e. The number of nitrogens with zero attached hydrogens (tertiary/aromatic N) is 4. The van der Waals surface area contributed by atoms with E-state index in [1.807, 2.05) is 6.20 Å². The van der Waals surface area contributed by atoms with Gasteiger partial charge in [-0.2, -0.15) is 13.2 Å². The van der Waals surface area contributed by atoms with Gasteiger partial charge in [0.1, 0.15) is 11.9 Å². The zero-order chi connectivity index (χ0) is 30.3. The first-order valence-electron chi connectivity index (χ1n) is 15.7. The third kappa shape index (κ3) is 7.36. The normalized spacial score (nSPS) is 27.8. The lowest BCUT2D eigenvalue weighted by Crippen LogP contribution is -2.64. The van der Waals surface area contributed by atoms with Gasteiger partial charge in [0.2, 0.25) is 5.88 Å². The van der Waals surface area contributed by atoms with Crippen LogP contribution < -0.4 is 4.74 Å². The molecule has 0 bridgehead atoms. The average molecular weight is 593 g/mol. The molecule has 1 aliphatic carbocycles. The SMILES string of the molecule is C[C@H](Cc1ncc2c(OC3CC(C)(C)N(C[C@@H]4CCCO4)C(C)(C)C3)ncc(C3CCC(O)CC3)c2n1)CC(F)(F)F. The Morgan fingerprint density at radius 3 is 2.36 bits per heavy atom. The summed E-state index contributed by atoms with van der Waals surface area (Å²) in [6.07, 6.45) is 5.36. The Hall–Kier alpha value is -2.04. The maximum Gasteiger partial charge on any atom is 0.389 e. The summed E-state index contributed by atoms with van der Waals surface area (Å²) in [6, 6.07) is 0. The number of piperidine rings is 1. The van der Waals surface area contributed by atoms with E-state index in [0.717, 1.165) is 57.2 Å². The van der Waals surface area contributed by atoms with E-state index < -0.39 is 18.5 Å². The van der Waals surface area contributed by atoms with Gasteiger partial charge in [-0.15, -0.1) is 0 Å². The van der Waals surface area contributed by atoms with Crippen molar-refractivity contribution in [1.29, 1.82) is 0 Å². The van der Waals surface area contributed by atoms with Gasteiger partial charge < -0.3 is 14.6 Å². The molecule has 0 unspecified atom stereocenters. The molecule has 2 saturated heterocycles. The molecule has 0 radical (unpaired) electrons. The molecule has 7 nitrogen and oxygen atoms in total. The van der Waals surface area contributed by atoms with Crippen LogP contribution in [0.2, 0.25) is 0 Å². The Balaban J connectivity index is 1.41. The van der Waals surface area contributed by atoms with Crippen molar-refractivity contribution < 1.29 is 27.8 Å². The highest BCUT2D eigenvalue weighted by Gasteiger charge is 2.47. The Kier molecular flexibility index (Phi) is 9.08. The molecule has 234 valence electrons. The van der Waals surface area contributed by atoms with Crippen molar-refractivity contribution in [3.63, 3.8) is 0 Å². The van der Waals surface area contributed by atoms with Crippen molar-refractivity contribution in [2.24, 2.45) is 5.92 Å². The first-order valence-corrected chi connectivity index (χ1v) is 15.7. The van der Waals surface area contributed by atoms with Gasteiger partial charge in [0.05, 0.1) is 23.1 Å². The summed E-state index contributed by atoms with van der Waals surface area (Å²) in [5.74, 6) is 0.422. The topological polar surface area (TPSA) is 80.6 Å². The minimum atomic E-state index is -4.23. The van der Waals surface area contributed by atoms with Crippen LogP contribution in [0.5, 0.6) is 5.88 Å². The molecular formula is C32H47F3N4O3. The monoisotopic (exact) mass is 592 g/mol. The number of aromatic nitrogens is 3. The van der Waals surface area contributed by atoms with E-state index in [9.17, 15) is 18.3 Å². The standard InChI is InChI=1S/C32H47F3N4O3/c1-20(14-32(33,34)35)13-27-36-18-26-28(38-27)25(21-8-10-22(40)11-9-21)17-37-29(26)42-24-15-30(2,3)39(31(4,5)16-24)19-23-7-6-12-41-23/h17-18,20-24,40H,6-16,19H2,1-5H3/t20-,21?,22?,23+/m1/s1. The number of pyridine rings is 1. The number of rotatable bonds is 8. The number of aliphatic hydroxyl groups excluding tert-OH is 1. The first kappa shape index (κ1) is 31.4. The molecule has 3 aliphatic rings. The average Bonchev–Trinajstić information content (AvgIpc) is 3.39. The van der Waals surface area contributed by atoms with Crippen molar-refractivity contribution >= 4 is 10.9 Å². The second-order valence-corrected chi connectivity index (χ2v) is 14.2. The zero-order valence-corrected chi connectivity index (χ0v) is 25.7. The molecule has 2 aliphatic heterocycles. The van der Waals surface area contributed by atoms with Gasteiger partial charge in [-0.25, -0.2) is 15.0 Å². The molecule has 0 spiro atoms. The van der Waals surface area contributed by atoms with Crippen LogP contribution in [0.1, 0.15) is 110 Å². The number of likely N-dealkylation sites (tertiary alicyclic amines) is 1. The zero-order valence-electron chi connectivity index (χ0n) is 25.7. The largest absolute Gasteiger partial charge is 0.474 e. The molecule has 0 aromatic carbocycles. The van der Waals surface area contributed by atoms with Crippen LogP contribution in [0.25, 0.3) is 10.9 Å². The third-order valence-electron chi connectivity index (χ3n) is 9.52. The first-order chi connectivity index (χ1) is 19.7. The van der Waals surface area contributed by atoms with Gasteiger partial charge in [-0.3, -0.25) is 4.90 Å². The predicted octanol–water partition coefficient (Wildman–Crippen LogP) is 6.75. The maximum absolute atomic E-state index is 13.0. The molecule has 3 fully saturated rings. The van der Waals surface area contributed by atoms with Crippen molar-refractivity contribution in [1.82, 2.24) is 19.9 Å². The second kappa shape index (κ2) is 12.2. The molecule has 42 heavy (non-hydrogen) atoms. The fourth-order valence-electron chi connectivity index (χ4n) is 7.66. The van der Waals surface area contributed by atoms with E-state index in [4.69, 9.17) is 19.4 Å². The van der Waals surface area contributed by atoms with Crippen LogP contribution in [-0.2, 0) is 11.2 Å². The predicted molar refractivity (Wildman–Crippen MR) is 156 cm³/mol. The van der Waals surface area contributed by atoms with Crippen molar-refractivity contribution in [3.05, 3.63) is 23.8 Å². The van der Waals surface area contributed by atoms with Crippen molar-refractivity contribution in [3.8, 4) is 5.88 Å². The summed E-state index contributed by atoms with van der Waals surface area (Å²) in [7, 11) is 0. The molecule has 2 aromatic heterocycles. The van der Waals surface area contributed by atoms with E-state index in [-0.39, 0.29) is 41.7 Å². The van der Waals surface area contributed by atoms with Crippen LogP contribution in [0.3, 0.4) is 0 Å². The lowest BCUT2D eigenvalue weighted by atomic mass is 9.77. The van der Waals surface area contributed by atoms with Gasteiger partial charge >= 0.3 is 6.18 Å². The Labute approximate surface area is 247 Å². The number of fused-ring (bicyclic) bond motifs is 1. The van der Waals surface area contributed by atoms with Crippen LogP contribution >= 0.6 is 0 Å². The summed E-state index contributed by atoms with van der Waals surface area (Å²) in [4.78, 5) is 16.7. The smallest absolute Gasteiger partial charge is 0.389 e. The highest BCUT2D eigenvalue weighted by Crippen LogP contribution is 2.42. The molecule has 2 atom stereocenters. The lowest BCUT2D eigenvalue weighted by Gasteiger charge is -2.55. The molecular weight excluding hydrogens is 545 g/mol. The molecule has 5 rings (SSSR count). The molecule has 4 heterocycles. The Morgan fingerprint density at radius 2 is 1.74 bits per heavy atom. The molecule has 1 N–H and O–H groups in total. The second-order valence-electron chi connectivity index (χ2n) is 14.2. The van der Waals surface area contributed by atoms with Crippen molar-refractivity contribution in [2.75, 3.05) is 13.2 Å². The number of aliphatic hydroxyl groups is 1. The van der Waals surface area contributed by atoms with Crippen LogP contribution in [0.4, 0.5) is 13.2 Å². The van der Waals surface area contributed by atoms with Crippen LogP contribution in [0, 0.1) is 5.92 Å². The summed E-state index contributed by atoms with van der Waals surface area (Å²) in [5, 5.41) is 10.8. The number of hydrogen-bond donors (Lipinski definition) is 1. The maximum atomic E-state index is 13.0. The highest BCUT2D eigenvalue weighted by molar-refractivity contribution is 5.85. The van der Waals surface area contributed by atoms with Gasteiger partial charge in [0.15, 0.2) is 0 Å². The van der Waals surface area contributed by atoms with Gasteiger partial charge in [0, 0.05) is 67.9 Å². The van der Waals surface area contributed by atoms with E-state index in [2.05, 4.69) is 37.6 Å². The van der Waals surface area contributed by atoms with E-state index in [1.165, 1.54) is 0 Å². The number of halogens is 3. The Bertz CT molecular complexity index is 1210. The number of alkyl halides is 3. The number of ether oxygens (including phenoxy) is 2. The quantitative estimate of drug-likeness (QED) is 0.363. The molecule has 2 aromatic rings. The fraction of sp³-hybridized carbons (Fsp3) is 0.781. The molecule has 10 heteroatoms. The highest BCUT2D eigenvalue weighted by atomic mass is 19.4. The fourth-order valence-corrected chi connectivity index (χ4v) is 7.66. The summed E-state index contributed by atoms with van der Waals surface area (Å²) < 4.78 is 51.7. The van der Waals surface area contributed by atoms with Gasteiger partial charge in [-0.1, -0.05) is 6.92 Å². The van der Waals surface area contributed by atoms with Crippen LogP contribution in [0.15, 0.2) is 12.4 Å². The van der Waals surface area contributed by atoms with E-state index in [0.29, 0.717) is 35.4 Å². The van der Waals surface area contributed by atoms with E-state index in [1.54, 1.807) is 13.1 Å².